The van der Waals surface area contributed by atoms with E-state index in [9.17, 15) is 0 Å². The van der Waals surface area contributed by atoms with Crippen LogP contribution in [0.3, 0.4) is 0 Å². The average Bonchev–Trinajstić information content (AvgIpc) is 3.27. The number of aromatic nitrogens is 4. The molecule has 2 heterocycles. The van der Waals surface area contributed by atoms with Gasteiger partial charge in [0.2, 0.25) is 0 Å². The number of nitrogens with zero attached hydrogens (tertiary/aromatic N) is 4. The van der Waals surface area contributed by atoms with Crippen LogP contribution in [0.15, 0.2) is 206 Å². The van der Waals surface area contributed by atoms with E-state index < -0.39 is 0 Å². The van der Waals surface area contributed by atoms with Crippen molar-refractivity contribution >= 4 is 0 Å². The van der Waals surface area contributed by atoms with Gasteiger partial charge in [-0.15, -0.1) is 0 Å². The number of rotatable bonds is 8. The van der Waals surface area contributed by atoms with Crippen LogP contribution in [-0.2, 0) is 0 Å². The van der Waals surface area contributed by atoms with E-state index in [2.05, 4.69) is 170 Å². The largest absolute Gasteiger partial charge is 0.256 e. The Bertz CT molecular complexity index is 2560. The third kappa shape index (κ3) is 6.84. The third-order valence-electron chi connectivity index (χ3n) is 9.60. The summed E-state index contributed by atoms with van der Waals surface area (Å²) in [4.78, 5) is 20.4. The van der Waals surface area contributed by atoms with Crippen molar-refractivity contribution < 1.29 is 0 Å². The van der Waals surface area contributed by atoms with E-state index in [0.29, 0.717) is 17.5 Å². The van der Waals surface area contributed by atoms with Crippen LogP contribution < -0.4 is 0 Å². The Balaban J connectivity index is 1.22. The van der Waals surface area contributed by atoms with Crippen LogP contribution in [0.4, 0.5) is 0 Å². The van der Waals surface area contributed by atoms with Crippen molar-refractivity contribution in [2.24, 2.45) is 0 Å². The molecule has 54 heavy (non-hydrogen) atoms. The lowest BCUT2D eigenvalue weighted by atomic mass is 9.94. The van der Waals surface area contributed by atoms with Gasteiger partial charge < -0.3 is 0 Å². The van der Waals surface area contributed by atoms with Crippen molar-refractivity contribution in [3.63, 3.8) is 0 Å². The molecule has 0 unspecified atom stereocenters. The predicted molar refractivity (Wildman–Crippen MR) is 221 cm³/mol. The maximum absolute atomic E-state index is 5.17. The van der Waals surface area contributed by atoms with Gasteiger partial charge in [0.05, 0.1) is 5.69 Å². The van der Waals surface area contributed by atoms with Gasteiger partial charge in [-0.05, 0) is 63.2 Å². The molecule has 9 rings (SSSR count). The highest BCUT2D eigenvalue weighted by Gasteiger charge is 2.17. The van der Waals surface area contributed by atoms with E-state index in [1.165, 1.54) is 0 Å². The van der Waals surface area contributed by atoms with Crippen LogP contribution in [0.5, 0.6) is 0 Å². The highest BCUT2D eigenvalue weighted by Crippen LogP contribution is 2.37. The first-order valence-electron chi connectivity index (χ1n) is 18.0. The van der Waals surface area contributed by atoms with E-state index in [-0.39, 0.29) is 0 Å². The van der Waals surface area contributed by atoms with E-state index in [0.717, 1.165) is 72.5 Å². The molecule has 0 amide bonds. The lowest BCUT2D eigenvalue weighted by Gasteiger charge is -2.14. The molecule has 0 aliphatic carbocycles. The van der Waals surface area contributed by atoms with Crippen molar-refractivity contribution in [1.82, 2.24) is 19.9 Å². The van der Waals surface area contributed by atoms with Gasteiger partial charge in [0, 0.05) is 34.0 Å². The summed E-state index contributed by atoms with van der Waals surface area (Å²) in [5, 5.41) is 0. The fraction of sp³-hybridized carbons (Fsp3) is 0. The van der Waals surface area contributed by atoms with Gasteiger partial charge in [0.25, 0.3) is 0 Å². The Hall–Kier alpha value is -7.30. The van der Waals surface area contributed by atoms with Crippen LogP contribution in [0, 0.1) is 0 Å². The first-order valence-corrected chi connectivity index (χ1v) is 18.0. The second kappa shape index (κ2) is 14.7. The Morgan fingerprint density at radius 1 is 0.241 bits per heavy atom. The zero-order valence-corrected chi connectivity index (χ0v) is 29.4. The van der Waals surface area contributed by atoms with Gasteiger partial charge in [0.15, 0.2) is 17.5 Å². The third-order valence-corrected chi connectivity index (χ3v) is 9.60. The SMILES string of the molecule is c1ccc(-c2ccc(-c3nc(-c4ccc(-c5ccccc5)cc4)nc(-c4cc(-c5ccccc5)cc(-c5ncccc5-c5ccccc5)c4)n3)cc2)cc1. The summed E-state index contributed by atoms with van der Waals surface area (Å²) in [6.45, 7) is 0. The van der Waals surface area contributed by atoms with Crippen molar-refractivity contribution in [3.8, 4) is 89.9 Å². The predicted octanol–water partition coefficient (Wildman–Crippen LogP) is 12.6. The maximum atomic E-state index is 5.17. The summed E-state index contributed by atoms with van der Waals surface area (Å²) in [5.74, 6) is 1.80. The minimum absolute atomic E-state index is 0.588. The summed E-state index contributed by atoms with van der Waals surface area (Å²) >= 11 is 0. The summed E-state index contributed by atoms with van der Waals surface area (Å²) < 4.78 is 0. The monoisotopic (exact) mass is 690 g/mol. The van der Waals surface area contributed by atoms with E-state index in [1.54, 1.807) is 0 Å². The molecule has 0 atom stereocenters. The summed E-state index contributed by atoms with van der Waals surface area (Å²) in [5.41, 5.74) is 13.5. The molecule has 9 aromatic rings. The summed E-state index contributed by atoms with van der Waals surface area (Å²) in [7, 11) is 0. The molecule has 0 aliphatic rings. The Morgan fingerprint density at radius 3 is 1.07 bits per heavy atom. The molecule has 4 nitrogen and oxygen atoms in total. The first-order chi connectivity index (χ1) is 26.7. The molecule has 0 saturated heterocycles. The van der Waals surface area contributed by atoms with Gasteiger partial charge >= 0.3 is 0 Å². The highest BCUT2D eigenvalue weighted by atomic mass is 15.0. The van der Waals surface area contributed by atoms with Gasteiger partial charge in [0.1, 0.15) is 0 Å². The van der Waals surface area contributed by atoms with Crippen LogP contribution in [-0.4, -0.2) is 19.9 Å². The minimum Gasteiger partial charge on any atom is -0.256 e. The van der Waals surface area contributed by atoms with E-state index in [1.807, 2.05) is 36.5 Å². The number of pyridine rings is 1. The summed E-state index contributed by atoms with van der Waals surface area (Å²) in [6, 6.07) is 69.2. The highest BCUT2D eigenvalue weighted by molar-refractivity contribution is 5.86. The molecule has 0 radical (unpaired) electrons. The summed E-state index contributed by atoms with van der Waals surface area (Å²) in [6.07, 6.45) is 1.86. The van der Waals surface area contributed by atoms with Crippen LogP contribution in [0.2, 0.25) is 0 Å². The van der Waals surface area contributed by atoms with Gasteiger partial charge in [-0.2, -0.15) is 0 Å². The van der Waals surface area contributed by atoms with Crippen molar-refractivity contribution in [2.75, 3.05) is 0 Å². The minimum atomic E-state index is 0.588. The smallest absolute Gasteiger partial charge is 0.164 e. The average molecular weight is 691 g/mol. The van der Waals surface area contributed by atoms with Crippen LogP contribution >= 0.6 is 0 Å². The topological polar surface area (TPSA) is 51.6 Å². The van der Waals surface area contributed by atoms with E-state index in [4.69, 9.17) is 19.9 Å². The maximum Gasteiger partial charge on any atom is 0.164 e. The lowest BCUT2D eigenvalue weighted by molar-refractivity contribution is 1.07. The number of hydrogen-bond acceptors (Lipinski definition) is 4. The first kappa shape index (κ1) is 32.6. The molecule has 7 aromatic carbocycles. The second-order valence-electron chi connectivity index (χ2n) is 13.1. The molecule has 0 N–H and O–H groups in total. The standard InChI is InChI=1S/C50H34N4/c1-5-14-35(15-6-1)38-23-27-41(28-24-38)48-52-49(42-29-25-39(26-30-42)36-16-7-2-8-17-36)54-50(53-48)45-33-43(37-18-9-3-10-19-37)32-44(34-45)47-46(22-13-31-51-47)40-20-11-4-12-21-40/h1-34H. The molecule has 2 aromatic heterocycles. The molecule has 254 valence electrons. The van der Waals surface area contributed by atoms with Gasteiger partial charge in [-0.1, -0.05) is 176 Å². The van der Waals surface area contributed by atoms with Gasteiger partial charge in [-0.25, -0.2) is 15.0 Å². The lowest BCUT2D eigenvalue weighted by Crippen LogP contribution is -2.01. The number of benzene rings is 7. The molecule has 0 saturated carbocycles. The molecule has 4 heteroatoms. The fourth-order valence-corrected chi connectivity index (χ4v) is 6.82. The van der Waals surface area contributed by atoms with Gasteiger partial charge in [-0.3, -0.25) is 4.98 Å². The normalized spacial score (nSPS) is 11.0. The Labute approximate surface area is 315 Å². The van der Waals surface area contributed by atoms with Crippen molar-refractivity contribution in [1.29, 1.82) is 0 Å². The Morgan fingerprint density at radius 2 is 0.593 bits per heavy atom. The molecule has 0 spiro atoms. The zero-order chi connectivity index (χ0) is 36.1. The molecular formula is C50H34N4. The Kier molecular flexibility index (Phi) is 8.90. The molecule has 0 aliphatic heterocycles. The molecule has 0 fully saturated rings. The zero-order valence-electron chi connectivity index (χ0n) is 29.4. The van der Waals surface area contributed by atoms with E-state index >= 15 is 0 Å². The second-order valence-corrected chi connectivity index (χ2v) is 13.1. The number of hydrogen-bond donors (Lipinski definition) is 0. The molecular weight excluding hydrogens is 657 g/mol. The van der Waals surface area contributed by atoms with Crippen molar-refractivity contribution in [3.05, 3.63) is 206 Å². The fourth-order valence-electron chi connectivity index (χ4n) is 6.82. The molecule has 0 bridgehead atoms. The van der Waals surface area contributed by atoms with Crippen molar-refractivity contribution in [2.45, 2.75) is 0 Å². The van der Waals surface area contributed by atoms with Crippen LogP contribution in [0.25, 0.3) is 89.9 Å². The van der Waals surface area contributed by atoms with Crippen LogP contribution in [0.1, 0.15) is 0 Å². The quantitative estimate of drug-likeness (QED) is 0.159.